The summed E-state index contributed by atoms with van der Waals surface area (Å²) in [4.78, 5) is 46.3. The Morgan fingerprint density at radius 2 is 1.50 bits per heavy atom. The molecule has 2 aliphatic carbocycles. The molecule has 0 bridgehead atoms. The highest BCUT2D eigenvalue weighted by Crippen LogP contribution is 2.82. The molecule has 7 heteroatoms. The lowest BCUT2D eigenvalue weighted by atomic mass is 10.1. The van der Waals surface area contributed by atoms with Crippen LogP contribution in [0.4, 0.5) is 0 Å². The molecule has 0 aromatic carbocycles. The van der Waals surface area contributed by atoms with Crippen molar-refractivity contribution in [3.8, 4) is 0 Å². The summed E-state index contributed by atoms with van der Waals surface area (Å²) >= 11 is 0. The molecular weight excluding hydrogens is 266 g/mol. The van der Waals surface area contributed by atoms with Crippen molar-refractivity contribution in [2.45, 2.75) is 19.8 Å². The number of nitrogens with one attached hydrogen (secondary N) is 1. The number of carbonyl (C=O) groups is 4. The zero-order valence-electron chi connectivity index (χ0n) is 11.3. The van der Waals surface area contributed by atoms with Crippen LogP contribution in [-0.4, -0.2) is 40.9 Å². The summed E-state index contributed by atoms with van der Waals surface area (Å²) < 4.78 is 0. The number of hydrogen-bond acceptors (Lipinski definition) is 4. The Morgan fingerprint density at radius 3 is 1.90 bits per heavy atom. The third-order valence-electron chi connectivity index (χ3n) is 4.51. The van der Waals surface area contributed by atoms with E-state index in [9.17, 15) is 29.4 Å². The van der Waals surface area contributed by atoms with Crippen LogP contribution in [0.5, 0.6) is 0 Å². The van der Waals surface area contributed by atoms with Gasteiger partial charge in [-0.3, -0.25) is 19.2 Å². The van der Waals surface area contributed by atoms with Gasteiger partial charge in [0.05, 0.1) is 17.8 Å². The second-order valence-corrected chi connectivity index (χ2v) is 5.42. The van der Waals surface area contributed by atoms with E-state index in [4.69, 9.17) is 0 Å². The van der Waals surface area contributed by atoms with Gasteiger partial charge in [0.25, 0.3) is 0 Å². The number of carboxylic acids is 2. The molecule has 20 heavy (non-hydrogen) atoms. The minimum atomic E-state index is -1.21. The Kier molecular flexibility index (Phi) is 3.31. The Morgan fingerprint density at radius 1 is 1.00 bits per heavy atom. The first-order valence-corrected chi connectivity index (χ1v) is 6.55. The second kappa shape index (κ2) is 4.57. The molecule has 0 heterocycles. The quantitative estimate of drug-likeness (QED) is 0.618. The number of ketones is 1. The summed E-state index contributed by atoms with van der Waals surface area (Å²) in [5, 5.41) is 20.8. The minimum absolute atomic E-state index is 0.211. The van der Waals surface area contributed by atoms with E-state index in [1.54, 1.807) is 6.92 Å². The van der Waals surface area contributed by atoms with Gasteiger partial charge in [0.15, 0.2) is 0 Å². The predicted octanol–water partition coefficient (Wildman–Crippen LogP) is -0.251. The van der Waals surface area contributed by atoms with Gasteiger partial charge >= 0.3 is 11.9 Å². The first-order chi connectivity index (χ1) is 9.35. The van der Waals surface area contributed by atoms with Crippen molar-refractivity contribution >= 4 is 23.6 Å². The van der Waals surface area contributed by atoms with Crippen LogP contribution in [0.3, 0.4) is 0 Å². The molecule has 1 spiro atoms. The van der Waals surface area contributed by atoms with Gasteiger partial charge in [-0.1, -0.05) is 6.92 Å². The number of rotatable bonds is 6. The standard InChI is InChI=1S/C13H17NO6/c1-3-4-5(15)6-8(11(17)18)13(6)7(10(16)14-2)9(13)12(19)20/h6-9H,3-4H2,1-2H3,(H,14,16)(H,17,18)(H,19,20). The maximum atomic E-state index is 12.0. The molecule has 110 valence electrons. The number of carboxylic acid groups (broad SMARTS) is 2. The molecule has 2 rings (SSSR count). The number of aliphatic carboxylic acids is 2. The minimum Gasteiger partial charge on any atom is -0.481 e. The van der Waals surface area contributed by atoms with E-state index in [0.29, 0.717) is 6.42 Å². The zero-order valence-corrected chi connectivity index (χ0v) is 11.3. The molecular formula is C13H17NO6. The van der Waals surface area contributed by atoms with E-state index in [1.807, 2.05) is 0 Å². The van der Waals surface area contributed by atoms with Gasteiger partial charge < -0.3 is 15.5 Å². The van der Waals surface area contributed by atoms with Crippen LogP contribution in [0.2, 0.25) is 0 Å². The van der Waals surface area contributed by atoms with E-state index in [0.717, 1.165) is 0 Å². The topological polar surface area (TPSA) is 121 Å². The van der Waals surface area contributed by atoms with E-state index in [2.05, 4.69) is 5.32 Å². The van der Waals surface area contributed by atoms with Gasteiger partial charge in [-0.25, -0.2) is 0 Å². The molecule has 2 fully saturated rings. The van der Waals surface area contributed by atoms with Gasteiger partial charge in [0, 0.05) is 24.8 Å². The van der Waals surface area contributed by atoms with Gasteiger partial charge in [-0.15, -0.1) is 0 Å². The Balaban J connectivity index is 2.33. The Bertz CT molecular complexity index is 501. The Labute approximate surface area is 115 Å². The normalized spacial score (nSPS) is 37.3. The van der Waals surface area contributed by atoms with Crippen molar-refractivity contribution in [2.75, 3.05) is 7.05 Å². The number of Topliss-reactive ketones (excluding diaryl/α,β-unsaturated/α-hetero) is 1. The van der Waals surface area contributed by atoms with Gasteiger partial charge in [0.1, 0.15) is 5.78 Å². The van der Waals surface area contributed by atoms with Crippen LogP contribution < -0.4 is 5.32 Å². The molecule has 0 aromatic rings. The fraction of sp³-hybridized carbons (Fsp3) is 0.692. The molecule has 0 radical (unpaired) electrons. The molecule has 3 N–H and O–H groups in total. The van der Waals surface area contributed by atoms with Crippen molar-refractivity contribution in [3.63, 3.8) is 0 Å². The molecule has 2 aliphatic rings. The predicted molar refractivity (Wildman–Crippen MR) is 65.6 cm³/mol. The second-order valence-electron chi connectivity index (χ2n) is 5.42. The third-order valence-corrected chi connectivity index (χ3v) is 4.51. The summed E-state index contributed by atoms with van der Waals surface area (Å²) in [5.74, 6) is -7.05. The lowest BCUT2D eigenvalue weighted by molar-refractivity contribution is -0.140. The SMILES string of the molecule is CCCC(=O)C1C(C(=O)O)C12C(C(=O)O)C2C(=O)NC. The van der Waals surface area contributed by atoms with Gasteiger partial charge in [-0.05, 0) is 6.42 Å². The average Bonchev–Trinajstić information content (AvgIpc) is 3.23. The average molecular weight is 283 g/mol. The number of amides is 1. The van der Waals surface area contributed by atoms with Crippen LogP contribution in [0.15, 0.2) is 0 Å². The lowest BCUT2D eigenvalue weighted by Crippen LogP contribution is -2.22. The molecule has 7 nitrogen and oxygen atoms in total. The molecule has 0 saturated heterocycles. The van der Waals surface area contributed by atoms with Crippen molar-refractivity contribution < 1.29 is 29.4 Å². The molecule has 1 amide bonds. The summed E-state index contributed by atoms with van der Waals surface area (Å²) in [5.41, 5.74) is -1.20. The van der Waals surface area contributed by atoms with Crippen LogP contribution in [0.25, 0.3) is 0 Å². The van der Waals surface area contributed by atoms with Gasteiger partial charge in [-0.2, -0.15) is 0 Å². The maximum Gasteiger partial charge on any atom is 0.307 e. The van der Waals surface area contributed by atoms with Crippen LogP contribution >= 0.6 is 0 Å². The fourth-order valence-corrected chi connectivity index (χ4v) is 3.74. The molecule has 5 unspecified atom stereocenters. The lowest BCUT2D eigenvalue weighted by Gasteiger charge is -1.96. The highest BCUT2D eigenvalue weighted by Gasteiger charge is 2.91. The van der Waals surface area contributed by atoms with E-state index in [-0.39, 0.29) is 12.2 Å². The third kappa shape index (κ3) is 1.65. The monoisotopic (exact) mass is 283 g/mol. The number of hydrogen-bond donors (Lipinski definition) is 3. The summed E-state index contributed by atoms with van der Waals surface area (Å²) in [6, 6.07) is 0. The van der Waals surface area contributed by atoms with Gasteiger partial charge in [0.2, 0.25) is 5.91 Å². The van der Waals surface area contributed by atoms with Crippen molar-refractivity contribution in [3.05, 3.63) is 0 Å². The van der Waals surface area contributed by atoms with E-state index < -0.39 is 46.9 Å². The van der Waals surface area contributed by atoms with E-state index in [1.165, 1.54) is 7.05 Å². The first-order valence-electron chi connectivity index (χ1n) is 6.55. The summed E-state index contributed by atoms with van der Waals surface area (Å²) in [7, 11) is 1.37. The molecule has 2 saturated carbocycles. The first kappa shape index (κ1) is 14.5. The summed E-state index contributed by atoms with van der Waals surface area (Å²) in [6.07, 6.45) is 0.781. The zero-order chi connectivity index (χ0) is 15.2. The molecule has 0 aromatic heterocycles. The van der Waals surface area contributed by atoms with Crippen LogP contribution in [0, 0.1) is 29.1 Å². The summed E-state index contributed by atoms with van der Waals surface area (Å²) in [6.45, 7) is 1.79. The van der Waals surface area contributed by atoms with Crippen molar-refractivity contribution in [1.29, 1.82) is 0 Å². The van der Waals surface area contributed by atoms with Crippen molar-refractivity contribution in [2.24, 2.45) is 29.1 Å². The van der Waals surface area contributed by atoms with Crippen LogP contribution in [-0.2, 0) is 19.2 Å². The van der Waals surface area contributed by atoms with E-state index >= 15 is 0 Å². The largest absolute Gasteiger partial charge is 0.481 e. The molecule has 5 atom stereocenters. The number of carbonyl (C=O) groups excluding carboxylic acids is 2. The smallest absolute Gasteiger partial charge is 0.307 e. The fourth-order valence-electron chi connectivity index (χ4n) is 3.74. The van der Waals surface area contributed by atoms with Crippen LogP contribution in [0.1, 0.15) is 19.8 Å². The van der Waals surface area contributed by atoms with Crippen molar-refractivity contribution in [1.82, 2.24) is 5.32 Å². The molecule has 0 aliphatic heterocycles. The highest BCUT2D eigenvalue weighted by molar-refractivity contribution is 6.03. The maximum absolute atomic E-state index is 12.0. The highest BCUT2D eigenvalue weighted by atomic mass is 16.4. The Hall–Kier alpha value is -1.92.